The van der Waals surface area contributed by atoms with Gasteiger partial charge in [-0.25, -0.2) is 4.79 Å². The molecule has 26 heavy (non-hydrogen) atoms. The average molecular weight is 425 g/mol. The van der Waals surface area contributed by atoms with E-state index in [4.69, 9.17) is 9.84 Å². The first-order chi connectivity index (χ1) is 12.5. The van der Waals surface area contributed by atoms with Crippen LogP contribution in [0.3, 0.4) is 0 Å². The number of carboxylic acid groups (broad SMARTS) is 1. The second-order valence-electron chi connectivity index (χ2n) is 6.03. The van der Waals surface area contributed by atoms with Gasteiger partial charge in [-0.3, -0.25) is 4.68 Å². The van der Waals surface area contributed by atoms with Crippen LogP contribution in [0.1, 0.15) is 11.4 Å². The molecule has 0 unspecified atom stereocenters. The zero-order valence-electron chi connectivity index (χ0n) is 14.4. The van der Waals surface area contributed by atoms with E-state index in [9.17, 15) is 9.90 Å². The molecule has 2 aromatic rings. The van der Waals surface area contributed by atoms with Gasteiger partial charge in [0.05, 0.1) is 16.8 Å². The van der Waals surface area contributed by atoms with Gasteiger partial charge in [0.2, 0.25) is 0 Å². The van der Waals surface area contributed by atoms with Crippen molar-refractivity contribution in [3.63, 3.8) is 0 Å². The van der Waals surface area contributed by atoms with E-state index in [1.165, 1.54) is 4.90 Å². The van der Waals surface area contributed by atoms with Crippen molar-refractivity contribution in [3.8, 4) is 5.75 Å². The normalized spacial score (nSPS) is 14.6. The Hall–Kier alpha value is -2.26. The molecule has 0 atom stereocenters. The summed E-state index contributed by atoms with van der Waals surface area (Å²) in [6.45, 7) is 2.58. The van der Waals surface area contributed by atoms with Crippen LogP contribution in [-0.2, 0) is 20.3 Å². The van der Waals surface area contributed by atoms with Gasteiger partial charge in [0, 0.05) is 38.9 Å². The summed E-state index contributed by atoms with van der Waals surface area (Å²) in [6, 6.07) is 7.72. The number of aliphatic hydroxyl groups is 1. The van der Waals surface area contributed by atoms with Crippen molar-refractivity contribution in [2.24, 2.45) is 7.05 Å². The van der Waals surface area contributed by atoms with Crippen LogP contribution in [0, 0.1) is 0 Å². The summed E-state index contributed by atoms with van der Waals surface area (Å²) in [5.41, 5.74) is 2.48. The minimum Gasteiger partial charge on any atom is -0.487 e. The number of anilines is 1. The zero-order valence-corrected chi connectivity index (χ0v) is 16.0. The molecular weight excluding hydrogens is 404 g/mol. The summed E-state index contributed by atoms with van der Waals surface area (Å²) < 4.78 is 8.17. The molecule has 1 aliphatic rings. The monoisotopic (exact) mass is 424 g/mol. The lowest BCUT2D eigenvalue weighted by molar-refractivity contribution is 0.142. The topological polar surface area (TPSA) is 91.1 Å². The van der Waals surface area contributed by atoms with Gasteiger partial charge in [0.1, 0.15) is 18.1 Å². The number of hydrogen-bond acceptors (Lipinski definition) is 5. The molecule has 0 radical (unpaired) electrons. The van der Waals surface area contributed by atoms with Gasteiger partial charge in [0.15, 0.2) is 0 Å². The summed E-state index contributed by atoms with van der Waals surface area (Å²) >= 11 is 3.44. The molecule has 0 aliphatic carbocycles. The van der Waals surface area contributed by atoms with Gasteiger partial charge in [0.25, 0.3) is 0 Å². The van der Waals surface area contributed by atoms with Crippen molar-refractivity contribution in [3.05, 3.63) is 40.1 Å². The number of aryl methyl sites for hydroxylation is 1. The fourth-order valence-corrected chi connectivity index (χ4v) is 3.49. The van der Waals surface area contributed by atoms with Gasteiger partial charge >= 0.3 is 6.09 Å². The first-order valence-corrected chi connectivity index (χ1v) is 9.05. The third-order valence-corrected chi connectivity index (χ3v) is 5.36. The SMILES string of the molecule is Cn1nc(COc2ccc(N3CCN(C(=O)O)CC3)cc2)c(Br)c1CO. The molecule has 9 heteroatoms. The van der Waals surface area contributed by atoms with Crippen molar-refractivity contribution in [1.29, 1.82) is 0 Å². The fourth-order valence-electron chi connectivity index (χ4n) is 2.92. The molecule has 1 amide bonds. The molecule has 0 bridgehead atoms. The Morgan fingerprint density at radius 1 is 1.23 bits per heavy atom. The van der Waals surface area contributed by atoms with E-state index in [2.05, 4.69) is 25.9 Å². The third-order valence-electron chi connectivity index (χ3n) is 4.45. The summed E-state index contributed by atoms with van der Waals surface area (Å²) in [5, 5.41) is 22.7. The van der Waals surface area contributed by atoms with Gasteiger partial charge in [-0.2, -0.15) is 5.10 Å². The minimum absolute atomic E-state index is 0.0894. The number of aromatic nitrogens is 2. The van der Waals surface area contributed by atoms with E-state index in [-0.39, 0.29) is 6.61 Å². The standard InChI is InChI=1S/C17H21BrN4O4/c1-20-15(10-23)16(18)14(19-20)11-26-13-4-2-12(3-5-13)21-6-8-22(9-7-21)17(24)25/h2-5,23H,6-11H2,1H3,(H,24,25). The number of nitrogens with zero attached hydrogens (tertiary/aromatic N) is 4. The van der Waals surface area contributed by atoms with Crippen molar-refractivity contribution in [2.45, 2.75) is 13.2 Å². The van der Waals surface area contributed by atoms with Crippen LogP contribution in [0.15, 0.2) is 28.7 Å². The quantitative estimate of drug-likeness (QED) is 0.762. The number of ether oxygens (including phenoxy) is 1. The van der Waals surface area contributed by atoms with Gasteiger partial charge < -0.3 is 24.7 Å². The summed E-state index contributed by atoms with van der Waals surface area (Å²) in [4.78, 5) is 14.6. The molecule has 1 aromatic heterocycles. The average Bonchev–Trinajstić information content (AvgIpc) is 2.93. The molecule has 1 aliphatic heterocycles. The highest BCUT2D eigenvalue weighted by Gasteiger charge is 2.20. The molecule has 0 saturated carbocycles. The van der Waals surface area contributed by atoms with Crippen LogP contribution in [0.2, 0.25) is 0 Å². The highest BCUT2D eigenvalue weighted by atomic mass is 79.9. The van der Waals surface area contributed by atoms with E-state index in [1.807, 2.05) is 24.3 Å². The van der Waals surface area contributed by atoms with Crippen LogP contribution in [-0.4, -0.2) is 57.2 Å². The highest BCUT2D eigenvalue weighted by Crippen LogP contribution is 2.24. The Labute approximate surface area is 159 Å². The molecule has 0 spiro atoms. The molecule has 1 aromatic carbocycles. The Morgan fingerprint density at radius 2 is 1.88 bits per heavy atom. The third kappa shape index (κ3) is 3.94. The Morgan fingerprint density at radius 3 is 2.42 bits per heavy atom. The Balaban J connectivity index is 1.58. The number of benzene rings is 1. The van der Waals surface area contributed by atoms with Gasteiger partial charge in [-0.05, 0) is 40.2 Å². The molecule has 2 N–H and O–H groups in total. The maximum Gasteiger partial charge on any atom is 0.407 e. The smallest absolute Gasteiger partial charge is 0.407 e. The highest BCUT2D eigenvalue weighted by molar-refractivity contribution is 9.10. The second-order valence-corrected chi connectivity index (χ2v) is 6.82. The van der Waals surface area contributed by atoms with Crippen LogP contribution >= 0.6 is 15.9 Å². The Bertz CT molecular complexity index is 770. The molecule has 3 rings (SSSR count). The van der Waals surface area contributed by atoms with Crippen LogP contribution in [0.4, 0.5) is 10.5 Å². The number of carbonyl (C=O) groups is 1. The minimum atomic E-state index is -0.863. The van der Waals surface area contributed by atoms with Crippen molar-refractivity contribution in [1.82, 2.24) is 14.7 Å². The summed E-state index contributed by atoms with van der Waals surface area (Å²) in [7, 11) is 1.78. The van der Waals surface area contributed by atoms with Crippen molar-refractivity contribution >= 4 is 27.7 Å². The molecule has 8 nitrogen and oxygen atoms in total. The zero-order chi connectivity index (χ0) is 18.7. The number of amides is 1. The lowest BCUT2D eigenvalue weighted by atomic mass is 10.2. The van der Waals surface area contributed by atoms with E-state index >= 15 is 0 Å². The largest absolute Gasteiger partial charge is 0.487 e. The number of piperazine rings is 1. The summed E-state index contributed by atoms with van der Waals surface area (Å²) in [6.07, 6.45) is -0.863. The number of rotatable bonds is 5. The van der Waals surface area contributed by atoms with Gasteiger partial charge in [-0.15, -0.1) is 0 Å². The maximum absolute atomic E-state index is 11.0. The van der Waals surface area contributed by atoms with E-state index in [0.717, 1.165) is 21.6 Å². The molecule has 1 saturated heterocycles. The predicted molar refractivity (Wildman–Crippen MR) is 99.4 cm³/mol. The Kier molecular flexibility index (Phi) is 5.67. The van der Waals surface area contributed by atoms with Crippen molar-refractivity contribution < 1.29 is 19.7 Å². The fraction of sp³-hybridized carbons (Fsp3) is 0.412. The number of hydrogen-bond donors (Lipinski definition) is 2. The maximum atomic E-state index is 11.0. The predicted octanol–water partition coefficient (Wildman–Crippen LogP) is 2.05. The lowest BCUT2D eigenvalue weighted by Crippen LogP contribution is -2.48. The first-order valence-electron chi connectivity index (χ1n) is 8.26. The molecule has 140 valence electrons. The van der Waals surface area contributed by atoms with E-state index < -0.39 is 6.09 Å². The molecular formula is C17H21BrN4O4. The second kappa shape index (κ2) is 7.96. The summed E-state index contributed by atoms with van der Waals surface area (Å²) in [5.74, 6) is 0.723. The van der Waals surface area contributed by atoms with Crippen LogP contribution < -0.4 is 9.64 Å². The van der Waals surface area contributed by atoms with Crippen LogP contribution in [0.25, 0.3) is 0 Å². The van der Waals surface area contributed by atoms with E-state index in [1.54, 1.807) is 11.7 Å². The van der Waals surface area contributed by atoms with E-state index in [0.29, 0.717) is 38.5 Å². The van der Waals surface area contributed by atoms with Gasteiger partial charge in [-0.1, -0.05) is 0 Å². The molecule has 1 fully saturated rings. The van der Waals surface area contributed by atoms with Crippen molar-refractivity contribution in [2.75, 3.05) is 31.1 Å². The molecule has 2 heterocycles. The first kappa shape index (κ1) is 18.5. The van der Waals surface area contributed by atoms with Crippen LogP contribution in [0.5, 0.6) is 5.75 Å². The number of halogens is 1. The number of aliphatic hydroxyl groups excluding tert-OH is 1. The lowest BCUT2D eigenvalue weighted by Gasteiger charge is -2.34.